The van der Waals surface area contributed by atoms with Crippen molar-refractivity contribution in [1.29, 1.82) is 0 Å². The van der Waals surface area contributed by atoms with Crippen LogP contribution in [0.5, 0.6) is 17.2 Å². The second kappa shape index (κ2) is 4.57. The molecule has 0 saturated carbocycles. The molecule has 4 heteroatoms. The van der Waals surface area contributed by atoms with Gasteiger partial charge in [0, 0.05) is 17.8 Å². The Kier molecular flexibility index (Phi) is 2.96. The maximum Gasteiger partial charge on any atom is 0.141 e. The molecule has 0 amide bonds. The van der Waals surface area contributed by atoms with Crippen LogP contribution in [0.2, 0.25) is 0 Å². The van der Waals surface area contributed by atoms with Crippen molar-refractivity contribution in [1.82, 2.24) is 0 Å². The lowest BCUT2D eigenvalue weighted by Gasteiger charge is -1.99. The minimum absolute atomic E-state index is 0.0382. The van der Waals surface area contributed by atoms with Gasteiger partial charge in [0.2, 0.25) is 0 Å². The first-order chi connectivity index (χ1) is 8.15. The van der Waals surface area contributed by atoms with E-state index < -0.39 is 0 Å². The predicted molar refractivity (Wildman–Crippen MR) is 65.1 cm³/mol. The second-order valence-electron chi connectivity index (χ2n) is 3.53. The number of nitrogens with zero attached hydrogens (tertiary/aromatic N) is 1. The number of hydrogen-bond donors (Lipinski definition) is 3. The number of phenols is 3. The SMILES string of the molecule is Oc1cc(O)cc(C=Nc2ccccc2O)c1. The van der Waals surface area contributed by atoms with Gasteiger partial charge < -0.3 is 15.3 Å². The molecule has 0 heterocycles. The first-order valence-electron chi connectivity index (χ1n) is 5.00. The van der Waals surface area contributed by atoms with Crippen LogP contribution in [0.3, 0.4) is 0 Å². The van der Waals surface area contributed by atoms with Crippen molar-refractivity contribution in [3.8, 4) is 17.2 Å². The highest BCUT2D eigenvalue weighted by atomic mass is 16.3. The molecular weight excluding hydrogens is 218 g/mol. The van der Waals surface area contributed by atoms with Gasteiger partial charge in [0.1, 0.15) is 22.9 Å². The summed E-state index contributed by atoms with van der Waals surface area (Å²) >= 11 is 0. The first kappa shape index (κ1) is 11.0. The molecule has 17 heavy (non-hydrogen) atoms. The van der Waals surface area contributed by atoms with Crippen LogP contribution in [-0.4, -0.2) is 21.5 Å². The van der Waals surface area contributed by atoms with E-state index in [9.17, 15) is 15.3 Å². The molecule has 0 saturated heterocycles. The highest BCUT2D eigenvalue weighted by molar-refractivity contribution is 5.83. The van der Waals surface area contributed by atoms with Crippen molar-refractivity contribution in [2.75, 3.05) is 0 Å². The monoisotopic (exact) mass is 229 g/mol. The molecule has 0 aromatic heterocycles. The predicted octanol–water partition coefficient (Wildman–Crippen LogP) is 2.55. The molecule has 86 valence electrons. The molecule has 0 aliphatic rings. The summed E-state index contributed by atoms with van der Waals surface area (Å²) < 4.78 is 0. The van der Waals surface area contributed by atoms with Gasteiger partial charge in [0.25, 0.3) is 0 Å². The Morgan fingerprint density at radius 1 is 0.882 bits per heavy atom. The van der Waals surface area contributed by atoms with Crippen LogP contribution in [0.15, 0.2) is 47.5 Å². The molecule has 0 fully saturated rings. The van der Waals surface area contributed by atoms with E-state index >= 15 is 0 Å². The minimum atomic E-state index is -0.0382. The van der Waals surface area contributed by atoms with Gasteiger partial charge in [0.05, 0.1) is 0 Å². The topological polar surface area (TPSA) is 73.0 Å². The van der Waals surface area contributed by atoms with E-state index in [1.807, 2.05) is 0 Å². The Morgan fingerprint density at radius 3 is 2.18 bits per heavy atom. The van der Waals surface area contributed by atoms with E-state index in [0.29, 0.717) is 11.3 Å². The average Bonchev–Trinajstić information content (AvgIpc) is 2.27. The summed E-state index contributed by atoms with van der Waals surface area (Å²) in [6, 6.07) is 10.8. The van der Waals surface area contributed by atoms with E-state index in [4.69, 9.17) is 0 Å². The van der Waals surface area contributed by atoms with Gasteiger partial charge in [-0.3, -0.25) is 4.99 Å². The molecule has 4 nitrogen and oxygen atoms in total. The van der Waals surface area contributed by atoms with Crippen molar-refractivity contribution >= 4 is 11.9 Å². The third kappa shape index (κ3) is 2.75. The van der Waals surface area contributed by atoms with E-state index in [1.54, 1.807) is 18.2 Å². The number of benzene rings is 2. The molecule has 0 unspecified atom stereocenters. The number of hydrogen-bond acceptors (Lipinski definition) is 4. The normalized spacial score (nSPS) is 10.8. The molecule has 2 rings (SSSR count). The Bertz CT molecular complexity index is 544. The molecule has 0 aliphatic carbocycles. The van der Waals surface area contributed by atoms with Crippen molar-refractivity contribution in [3.05, 3.63) is 48.0 Å². The van der Waals surface area contributed by atoms with Crippen molar-refractivity contribution in [2.24, 2.45) is 4.99 Å². The van der Waals surface area contributed by atoms with Crippen LogP contribution < -0.4 is 0 Å². The maximum absolute atomic E-state index is 9.49. The average molecular weight is 229 g/mol. The van der Waals surface area contributed by atoms with Crippen molar-refractivity contribution in [3.63, 3.8) is 0 Å². The fourth-order valence-corrected chi connectivity index (χ4v) is 1.41. The Hall–Kier alpha value is -2.49. The fourth-order valence-electron chi connectivity index (χ4n) is 1.41. The van der Waals surface area contributed by atoms with E-state index in [0.717, 1.165) is 0 Å². The third-order valence-corrected chi connectivity index (χ3v) is 2.16. The number of para-hydroxylation sites is 2. The van der Waals surface area contributed by atoms with E-state index in [1.165, 1.54) is 30.5 Å². The summed E-state index contributed by atoms with van der Waals surface area (Å²) in [6.07, 6.45) is 1.45. The highest BCUT2D eigenvalue weighted by Gasteiger charge is 1.98. The van der Waals surface area contributed by atoms with Gasteiger partial charge in [-0.1, -0.05) is 12.1 Å². The third-order valence-electron chi connectivity index (χ3n) is 2.16. The molecule has 0 aliphatic heterocycles. The molecule has 3 N–H and O–H groups in total. The molecular formula is C13H11NO3. The van der Waals surface area contributed by atoms with Crippen LogP contribution in [-0.2, 0) is 0 Å². The minimum Gasteiger partial charge on any atom is -0.508 e. The molecule has 0 bridgehead atoms. The van der Waals surface area contributed by atoms with Gasteiger partial charge in [-0.25, -0.2) is 0 Å². The lowest BCUT2D eigenvalue weighted by molar-refractivity contribution is 0.450. The van der Waals surface area contributed by atoms with Crippen LogP contribution in [0.1, 0.15) is 5.56 Å². The van der Waals surface area contributed by atoms with Crippen molar-refractivity contribution < 1.29 is 15.3 Å². The highest BCUT2D eigenvalue weighted by Crippen LogP contribution is 2.25. The van der Waals surface area contributed by atoms with E-state index in [-0.39, 0.29) is 17.2 Å². The number of rotatable bonds is 2. The first-order valence-corrected chi connectivity index (χ1v) is 5.00. The Balaban J connectivity index is 2.29. The van der Waals surface area contributed by atoms with Crippen molar-refractivity contribution in [2.45, 2.75) is 0 Å². The number of aliphatic imine (C=N–C) groups is 1. The molecule has 0 atom stereocenters. The van der Waals surface area contributed by atoms with Gasteiger partial charge >= 0.3 is 0 Å². The summed E-state index contributed by atoms with van der Waals surface area (Å²) in [6.45, 7) is 0. The van der Waals surface area contributed by atoms with Crippen LogP contribution in [0.4, 0.5) is 5.69 Å². The van der Waals surface area contributed by atoms with Gasteiger partial charge in [-0.05, 0) is 24.3 Å². The quantitative estimate of drug-likeness (QED) is 0.693. The lowest BCUT2D eigenvalue weighted by Crippen LogP contribution is -1.80. The fraction of sp³-hybridized carbons (Fsp3) is 0. The zero-order chi connectivity index (χ0) is 12.3. The zero-order valence-corrected chi connectivity index (χ0v) is 8.91. The number of aromatic hydroxyl groups is 3. The van der Waals surface area contributed by atoms with Crippen LogP contribution in [0, 0.1) is 0 Å². The summed E-state index contributed by atoms with van der Waals surface area (Å²) in [4.78, 5) is 4.06. The molecule has 2 aromatic carbocycles. The lowest BCUT2D eigenvalue weighted by atomic mass is 10.2. The second-order valence-corrected chi connectivity index (χ2v) is 3.53. The van der Waals surface area contributed by atoms with Crippen LogP contribution in [0.25, 0.3) is 0 Å². The van der Waals surface area contributed by atoms with E-state index in [2.05, 4.69) is 4.99 Å². The Morgan fingerprint density at radius 2 is 1.53 bits per heavy atom. The number of phenolic OH excluding ortho intramolecular Hbond substituents is 3. The van der Waals surface area contributed by atoms with Gasteiger partial charge in [-0.2, -0.15) is 0 Å². The smallest absolute Gasteiger partial charge is 0.141 e. The molecule has 2 aromatic rings. The summed E-state index contributed by atoms with van der Waals surface area (Å²) in [7, 11) is 0. The van der Waals surface area contributed by atoms with Gasteiger partial charge in [0.15, 0.2) is 0 Å². The molecule has 0 spiro atoms. The van der Waals surface area contributed by atoms with Crippen LogP contribution >= 0.6 is 0 Å². The molecule has 0 radical (unpaired) electrons. The zero-order valence-electron chi connectivity index (χ0n) is 8.91. The maximum atomic E-state index is 9.49. The Labute approximate surface area is 98.1 Å². The van der Waals surface area contributed by atoms with Gasteiger partial charge in [-0.15, -0.1) is 0 Å². The summed E-state index contributed by atoms with van der Waals surface area (Å²) in [5.41, 5.74) is 0.973. The summed E-state index contributed by atoms with van der Waals surface area (Å²) in [5, 5.41) is 28.0. The summed E-state index contributed by atoms with van der Waals surface area (Å²) in [5.74, 6) is 0.000548. The largest absolute Gasteiger partial charge is 0.508 e. The standard InChI is InChI=1S/C13H11NO3/c15-10-5-9(6-11(16)7-10)8-14-12-3-1-2-4-13(12)17/h1-8,15-17H.